The monoisotopic (exact) mass is 315 g/mol. The molecule has 0 unspecified atom stereocenters. The predicted octanol–water partition coefficient (Wildman–Crippen LogP) is 3.54. The number of likely N-dealkylation sites (tertiary alicyclic amines) is 1. The molecule has 0 radical (unpaired) electrons. The number of carbonyl (C=O) groups is 1. The molecule has 2 heterocycles. The van der Waals surface area contributed by atoms with Crippen LogP contribution in [0.25, 0.3) is 10.4 Å². The largest absolute Gasteiger partial charge is 0.301 e. The zero-order valence-electron chi connectivity index (χ0n) is 12.8. The van der Waals surface area contributed by atoms with Gasteiger partial charge in [0.15, 0.2) is 5.13 Å². The second-order valence-electron chi connectivity index (χ2n) is 5.68. The van der Waals surface area contributed by atoms with Crippen molar-refractivity contribution in [2.75, 3.05) is 25.0 Å². The van der Waals surface area contributed by atoms with E-state index in [9.17, 15) is 4.79 Å². The molecule has 1 aromatic heterocycles. The molecule has 5 heteroatoms. The number of nitrogens with one attached hydrogen (secondary N) is 1. The summed E-state index contributed by atoms with van der Waals surface area (Å²) in [6, 6.07) is 10.2. The van der Waals surface area contributed by atoms with E-state index in [1.807, 2.05) is 25.1 Å². The van der Waals surface area contributed by atoms with Crippen molar-refractivity contribution in [2.45, 2.75) is 26.2 Å². The predicted molar refractivity (Wildman–Crippen MR) is 91.2 cm³/mol. The summed E-state index contributed by atoms with van der Waals surface area (Å²) in [5.74, 6) is 0.0373. The van der Waals surface area contributed by atoms with E-state index in [1.54, 1.807) is 11.3 Å². The average molecular weight is 315 g/mol. The number of nitrogens with zero attached hydrogens (tertiary/aromatic N) is 2. The van der Waals surface area contributed by atoms with Crippen molar-refractivity contribution in [2.24, 2.45) is 0 Å². The Labute approximate surface area is 135 Å². The van der Waals surface area contributed by atoms with Gasteiger partial charge in [-0.05, 0) is 38.4 Å². The van der Waals surface area contributed by atoms with Crippen molar-refractivity contribution >= 4 is 22.4 Å². The number of hydrogen-bond acceptors (Lipinski definition) is 4. The van der Waals surface area contributed by atoms with Crippen LogP contribution in [0.15, 0.2) is 30.3 Å². The molecule has 0 aliphatic carbocycles. The van der Waals surface area contributed by atoms with Gasteiger partial charge in [-0.1, -0.05) is 48.1 Å². The molecule has 1 N–H and O–H groups in total. The summed E-state index contributed by atoms with van der Waals surface area (Å²) in [4.78, 5) is 20.0. The number of benzene rings is 1. The summed E-state index contributed by atoms with van der Waals surface area (Å²) >= 11 is 1.54. The Morgan fingerprint density at radius 3 is 2.68 bits per heavy atom. The number of hydrogen-bond donors (Lipinski definition) is 1. The molecule has 0 bridgehead atoms. The van der Waals surface area contributed by atoms with Crippen LogP contribution in [0.5, 0.6) is 0 Å². The van der Waals surface area contributed by atoms with E-state index < -0.39 is 0 Å². The van der Waals surface area contributed by atoms with Gasteiger partial charge >= 0.3 is 0 Å². The number of anilines is 1. The lowest BCUT2D eigenvalue weighted by molar-refractivity contribution is -0.117. The van der Waals surface area contributed by atoms with Gasteiger partial charge in [-0.25, -0.2) is 4.98 Å². The number of rotatable bonds is 4. The summed E-state index contributed by atoms with van der Waals surface area (Å²) < 4.78 is 0. The molecule has 2 aromatic rings. The van der Waals surface area contributed by atoms with E-state index in [0.29, 0.717) is 11.7 Å². The van der Waals surface area contributed by atoms with Crippen LogP contribution >= 0.6 is 11.3 Å². The van der Waals surface area contributed by atoms with Crippen LogP contribution in [0.3, 0.4) is 0 Å². The molecular weight excluding hydrogens is 294 g/mol. The number of carbonyl (C=O) groups excluding carboxylic acids is 1. The van der Waals surface area contributed by atoms with Crippen LogP contribution in [0, 0.1) is 6.92 Å². The molecule has 0 saturated carbocycles. The van der Waals surface area contributed by atoms with Crippen molar-refractivity contribution in [1.29, 1.82) is 0 Å². The van der Waals surface area contributed by atoms with E-state index in [1.165, 1.54) is 19.3 Å². The fraction of sp³-hybridized carbons (Fsp3) is 0.412. The van der Waals surface area contributed by atoms with E-state index in [0.717, 1.165) is 29.2 Å². The molecular formula is C17H21N3OS. The van der Waals surface area contributed by atoms with E-state index in [4.69, 9.17) is 0 Å². The third-order valence-corrected chi connectivity index (χ3v) is 5.02. The molecule has 1 saturated heterocycles. The van der Waals surface area contributed by atoms with Gasteiger partial charge in [0.1, 0.15) is 0 Å². The standard InChI is InChI=1S/C17H21N3OS/c1-13-16(14-8-4-2-5-9-14)22-17(18-13)19-15(21)12-20-10-6-3-7-11-20/h2,4-5,8-9H,3,6-7,10-12H2,1H3,(H,18,19,21). The van der Waals surface area contributed by atoms with Crippen LogP contribution in [0.4, 0.5) is 5.13 Å². The number of aryl methyl sites for hydroxylation is 1. The molecule has 3 rings (SSSR count). The van der Waals surface area contributed by atoms with Crippen LogP contribution in [-0.4, -0.2) is 35.4 Å². The number of piperidine rings is 1. The molecule has 1 aliphatic rings. The smallest absolute Gasteiger partial charge is 0.240 e. The number of aromatic nitrogens is 1. The molecule has 1 amide bonds. The maximum Gasteiger partial charge on any atom is 0.240 e. The highest BCUT2D eigenvalue weighted by molar-refractivity contribution is 7.19. The third-order valence-electron chi connectivity index (χ3n) is 3.89. The van der Waals surface area contributed by atoms with Crippen molar-refractivity contribution < 1.29 is 4.79 Å². The Morgan fingerprint density at radius 2 is 1.95 bits per heavy atom. The molecule has 1 fully saturated rings. The Bertz CT molecular complexity index is 633. The molecule has 0 atom stereocenters. The van der Waals surface area contributed by atoms with Gasteiger partial charge in [0, 0.05) is 0 Å². The quantitative estimate of drug-likeness (QED) is 0.938. The molecule has 22 heavy (non-hydrogen) atoms. The summed E-state index contributed by atoms with van der Waals surface area (Å²) in [6.07, 6.45) is 3.67. The van der Waals surface area contributed by atoms with Crippen LogP contribution in [0.1, 0.15) is 25.0 Å². The normalized spacial score (nSPS) is 15.7. The molecule has 0 spiro atoms. The Morgan fingerprint density at radius 1 is 1.23 bits per heavy atom. The highest BCUT2D eigenvalue weighted by atomic mass is 32.1. The third kappa shape index (κ3) is 3.72. The average Bonchev–Trinajstić information content (AvgIpc) is 2.89. The summed E-state index contributed by atoms with van der Waals surface area (Å²) in [7, 11) is 0. The Kier molecular flexibility index (Phi) is 4.85. The lowest BCUT2D eigenvalue weighted by Crippen LogP contribution is -2.36. The van der Waals surface area contributed by atoms with Gasteiger partial charge in [-0.15, -0.1) is 0 Å². The number of amides is 1. The minimum absolute atomic E-state index is 0.0373. The second-order valence-corrected chi connectivity index (χ2v) is 6.68. The fourth-order valence-electron chi connectivity index (χ4n) is 2.79. The first-order valence-corrected chi connectivity index (χ1v) is 8.59. The van der Waals surface area contributed by atoms with E-state index in [2.05, 4.69) is 27.3 Å². The van der Waals surface area contributed by atoms with Crippen molar-refractivity contribution in [3.8, 4) is 10.4 Å². The highest BCUT2D eigenvalue weighted by Crippen LogP contribution is 2.32. The topological polar surface area (TPSA) is 45.2 Å². The fourth-order valence-corrected chi connectivity index (χ4v) is 3.77. The van der Waals surface area contributed by atoms with Crippen molar-refractivity contribution in [3.63, 3.8) is 0 Å². The van der Waals surface area contributed by atoms with Crippen LogP contribution in [0.2, 0.25) is 0 Å². The lowest BCUT2D eigenvalue weighted by atomic mass is 10.1. The molecule has 1 aromatic carbocycles. The van der Waals surface area contributed by atoms with Gasteiger partial charge in [-0.2, -0.15) is 0 Å². The van der Waals surface area contributed by atoms with Crippen molar-refractivity contribution in [1.82, 2.24) is 9.88 Å². The summed E-state index contributed by atoms with van der Waals surface area (Å²) in [6.45, 7) is 4.51. The van der Waals surface area contributed by atoms with Gasteiger partial charge in [0.05, 0.1) is 17.1 Å². The highest BCUT2D eigenvalue weighted by Gasteiger charge is 2.16. The first-order valence-electron chi connectivity index (χ1n) is 7.77. The SMILES string of the molecule is Cc1nc(NC(=O)CN2CCCCC2)sc1-c1ccccc1. The van der Waals surface area contributed by atoms with E-state index >= 15 is 0 Å². The summed E-state index contributed by atoms with van der Waals surface area (Å²) in [5, 5.41) is 3.64. The van der Waals surface area contributed by atoms with Crippen molar-refractivity contribution in [3.05, 3.63) is 36.0 Å². The first-order chi connectivity index (χ1) is 10.7. The summed E-state index contributed by atoms with van der Waals surface area (Å²) in [5.41, 5.74) is 2.11. The first kappa shape index (κ1) is 15.2. The lowest BCUT2D eigenvalue weighted by Gasteiger charge is -2.25. The molecule has 1 aliphatic heterocycles. The number of thiazole rings is 1. The van der Waals surface area contributed by atoms with Gasteiger partial charge < -0.3 is 5.32 Å². The maximum atomic E-state index is 12.2. The maximum absolute atomic E-state index is 12.2. The minimum atomic E-state index is 0.0373. The molecule has 4 nitrogen and oxygen atoms in total. The van der Waals surface area contributed by atoms with Crippen LogP contribution < -0.4 is 5.32 Å². The van der Waals surface area contributed by atoms with Gasteiger partial charge in [0.2, 0.25) is 5.91 Å². The van der Waals surface area contributed by atoms with Gasteiger partial charge in [0.25, 0.3) is 0 Å². The van der Waals surface area contributed by atoms with E-state index in [-0.39, 0.29) is 5.91 Å². The molecule has 116 valence electrons. The second kappa shape index (κ2) is 7.03. The van der Waals surface area contributed by atoms with Gasteiger partial charge in [-0.3, -0.25) is 9.69 Å². The zero-order valence-corrected chi connectivity index (χ0v) is 13.7. The Hall–Kier alpha value is -1.72. The minimum Gasteiger partial charge on any atom is -0.301 e. The van der Waals surface area contributed by atoms with Crippen LogP contribution in [-0.2, 0) is 4.79 Å². The Balaban J connectivity index is 1.64. The zero-order chi connectivity index (χ0) is 15.4.